The number of carbonyl (C=O) groups is 1. The lowest BCUT2D eigenvalue weighted by Crippen LogP contribution is -2.56. The standard InChI is InChI=1S/C20H20N4O2/c1-2-14-7-3-6-10-18(14)26-15-11-24(12-15)20(25)17-9-5-4-8-16(17)19-21-13-22-23-19/h3-10,13,15H,2,11-12H2,1H3,(H,21,22,23). The van der Waals surface area contributed by atoms with Crippen molar-refractivity contribution in [2.24, 2.45) is 0 Å². The van der Waals surface area contributed by atoms with Crippen LogP contribution in [0.25, 0.3) is 11.4 Å². The van der Waals surface area contributed by atoms with Crippen LogP contribution in [0.4, 0.5) is 0 Å². The number of para-hydroxylation sites is 1. The Kier molecular flexibility index (Phi) is 4.39. The summed E-state index contributed by atoms with van der Waals surface area (Å²) in [4.78, 5) is 18.8. The van der Waals surface area contributed by atoms with E-state index in [0.29, 0.717) is 24.5 Å². The monoisotopic (exact) mass is 348 g/mol. The highest BCUT2D eigenvalue weighted by Crippen LogP contribution is 2.26. The van der Waals surface area contributed by atoms with Crippen molar-refractivity contribution in [1.82, 2.24) is 20.1 Å². The summed E-state index contributed by atoms with van der Waals surface area (Å²) in [6, 6.07) is 15.5. The molecular weight excluding hydrogens is 328 g/mol. The highest BCUT2D eigenvalue weighted by molar-refractivity contribution is 6.00. The average molecular weight is 348 g/mol. The molecule has 0 atom stereocenters. The normalized spacial score (nSPS) is 14.1. The fourth-order valence-electron chi connectivity index (χ4n) is 3.15. The first-order chi connectivity index (χ1) is 12.8. The van der Waals surface area contributed by atoms with Gasteiger partial charge in [0.1, 0.15) is 18.2 Å². The van der Waals surface area contributed by atoms with E-state index in [2.05, 4.69) is 28.2 Å². The topological polar surface area (TPSA) is 71.1 Å². The van der Waals surface area contributed by atoms with E-state index in [-0.39, 0.29) is 12.0 Å². The number of rotatable bonds is 5. The first-order valence-corrected chi connectivity index (χ1v) is 8.75. The van der Waals surface area contributed by atoms with Gasteiger partial charge in [0, 0.05) is 5.56 Å². The molecule has 1 aromatic heterocycles. The van der Waals surface area contributed by atoms with E-state index in [1.807, 2.05) is 42.5 Å². The van der Waals surface area contributed by atoms with Crippen molar-refractivity contribution >= 4 is 5.91 Å². The number of hydrogen-bond donors (Lipinski definition) is 1. The number of benzene rings is 2. The Bertz CT molecular complexity index is 902. The van der Waals surface area contributed by atoms with Crippen LogP contribution >= 0.6 is 0 Å². The van der Waals surface area contributed by atoms with Crippen LogP contribution in [0, 0.1) is 0 Å². The number of aryl methyl sites for hydroxylation is 1. The number of likely N-dealkylation sites (tertiary alicyclic amines) is 1. The van der Waals surface area contributed by atoms with Gasteiger partial charge in [-0.2, -0.15) is 5.10 Å². The van der Waals surface area contributed by atoms with Gasteiger partial charge in [0.2, 0.25) is 0 Å². The Labute approximate surface area is 151 Å². The van der Waals surface area contributed by atoms with E-state index in [4.69, 9.17) is 4.74 Å². The van der Waals surface area contributed by atoms with Crippen LogP contribution in [0.2, 0.25) is 0 Å². The van der Waals surface area contributed by atoms with Crippen molar-refractivity contribution in [3.05, 3.63) is 66.0 Å². The van der Waals surface area contributed by atoms with Gasteiger partial charge < -0.3 is 9.64 Å². The van der Waals surface area contributed by atoms with Crippen LogP contribution in [0.5, 0.6) is 5.75 Å². The average Bonchev–Trinajstić information content (AvgIpc) is 3.18. The number of carbonyl (C=O) groups excluding carboxylic acids is 1. The first kappa shape index (κ1) is 16.3. The van der Waals surface area contributed by atoms with Gasteiger partial charge in [0.15, 0.2) is 5.82 Å². The van der Waals surface area contributed by atoms with Gasteiger partial charge >= 0.3 is 0 Å². The minimum atomic E-state index is -0.0133. The molecule has 132 valence electrons. The number of ether oxygens (including phenoxy) is 1. The molecule has 2 heterocycles. The largest absolute Gasteiger partial charge is 0.486 e. The van der Waals surface area contributed by atoms with Gasteiger partial charge in [-0.15, -0.1) is 0 Å². The molecular formula is C20H20N4O2. The third-order valence-corrected chi connectivity index (χ3v) is 4.61. The van der Waals surface area contributed by atoms with E-state index in [1.165, 1.54) is 11.9 Å². The summed E-state index contributed by atoms with van der Waals surface area (Å²) in [5.74, 6) is 1.49. The summed E-state index contributed by atoms with van der Waals surface area (Å²) in [5.41, 5.74) is 2.57. The number of nitrogens with one attached hydrogen (secondary N) is 1. The molecule has 0 unspecified atom stereocenters. The molecule has 0 spiro atoms. The second-order valence-corrected chi connectivity index (χ2v) is 6.29. The minimum Gasteiger partial charge on any atom is -0.486 e. The van der Waals surface area contributed by atoms with Crippen molar-refractivity contribution in [1.29, 1.82) is 0 Å². The zero-order valence-electron chi connectivity index (χ0n) is 14.6. The Morgan fingerprint density at radius 2 is 1.96 bits per heavy atom. The third kappa shape index (κ3) is 3.06. The summed E-state index contributed by atoms with van der Waals surface area (Å²) in [5, 5.41) is 6.69. The quantitative estimate of drug-likeness (QED) is 0.769. The number of amides is 1. The number of nitrogens with zero attached hydrogens (tertiary/aromatic N) is 3. The number of aromatic nitrogens is 3. The molecule has 1 fully saturated rings. The molecule has 0 aliphatic carbocycles. The maximum atomic E-state index is 12.9. The summed E-state index contributed by atoms with van der Waals surface area (Å²) in [7, 11) is 0. The van der Waals surface area contributed by atoms with Gasteiger partial charge in [-0.1, -0.05) is 43.3 Å². The lowest BCUT2D eigenvalue weighted by Gasteiger charge is -2.39. The predicted molar refractivity (Wildman–Crippen MR) is 98.0 cm³/mol. The SMILES string of the molecule is CCc1ccccc1OC1CN(C(=O)c2ccccc2-c2ncn[nH]2)C1. The molecule has 1 amide bonds. The van der Waals surface area contributed by atoms with Gasteiger partial charge in [-0.05, 0) is 24.1 Å². The fourth-order valence-corrected chi connectivity index (χ4v) is 3.15. The fraction of sp³-hybridized carbons (Fsp3) is 0.250. The van der Waals surface area contributed by atoms with Crippen molar-refractivity contribution in [3.8, 4) is 17.1 Å². The van der Waals surface area contributed by atoms with Crippen LogP contribution in [-0.2, 0) is 6.42 Å². The Balaban J connectivity index is 1.44. The Morgan fingerprint density at radius 3 is 2.73 bits per heavy atom. The van der Waals surface area contributed by atoms with E-state index in [9.17, 15) is 4.79 Å². The molecule has 1 aliphatic heterocycles. The van der Waals surface area contributed by atoms with E-state index >= 15 is 0 Å². The van der Waals surface area contributed by atoms with E-state index in [1.54, 1.807) is 4.90 Å². The van der Waals surface area contributed by atoms with Crippen molar-refractivity contribution < 1.29 is 9.53 Å². The summed E-state index contributed by atoms with van der Waals surface area (Å²) < 4.78 is 6.07. The summed E-state index contributed by atoms with van der Waals surface area (Å²) >= 11 is 0. The smallest absolute Gasteiger partial charge is 0.254 e. The van der Waals surface area contributed by atoms with Gasteiger partial charge in [0.25, 0.3) is 5.91 Å². The molecule has 0 radical (unpaired) electrons. The molecule has 6 heteroatoms. The molecule has 6 nitrogen and oxygen atoms in total. The third-order valence-electron chi connectivity index (χ3n) is 4.61. The maximum Gasteiger partial charge on any atom is 0.254 e. The summed E-state index contributed by atoms with van der Waals surface area (Å²) in [6.07, 6.45) is 2.40. The van der Waals surface area contributed by atoms with Crippen LogP contribution in [0.1, 0.15) is 22.8 Å². The molecule has 1 N–H and O–H groups in total. The zero-order valence-corrected chi connectivity index (χ0v) is 14.6. The summed E-state index contributed by atoms with van der Waals surface area (Å²) in [6.45, 7) is 3.28. The van der Waals surface area contributed by atoms with Crippen molar-refractivity contribution in [2.45, 2.75) is 19.4 Å². The molecule has 2 aromatic carbocycles. The minimum absolute atomic E-state index is 0.0133. The van der Waals surface area contributed by atoms with Gasteiger partial charge in [-0.3, -0.25) is 9.89 Å². The highest BCUT2D eigenvalue weighted by atomic mass is 16.5. The van der Waals surface area contributed by atoms with E-state index in [0.717, 1.165) is 17.7 Å². The maximum absolute atomic E-state index is 12.9. The number of aromatic amines is 1. The van der Waals surface area contributed by atoms with Crippen LogP contribution in [0.15, 0.2) is 54.9 Å². The molecule has 1 saturated heterocycles. The Morgan fingerprint density at radius 1 is 1.19 bits per heavy atom. The second kappa shape index (κ2) is 7.00. The molecule has 3 aromatic rings. The first-order valence-electron chi connectivity index (χ1n) is 8.75. The number of hydrogen-bond acceptors (Lipinski definition) is 4. The van der Waals surface area contributed by atoms with Gasteiger partial charge in [-0.25, -0.2) is 4.98 Å². The molecule has 26 heavy (non-hydrogen) atoms. The lowest BCUT2D eigenvalue weighted by atomic mass is 10.0. The van der Waals surface area contributed by atoms with E-state index < -0.39 is 0 Å². The second-order valence-electron chi connectivity index (χ2n) is 6.29. The molecule has 1 aliphatic rings. The molecule has 0 bridgehead atoms. The van der Waals surface area contributed by atoms with Crippen LogP contribution in [0.3, 0.4) is 0 Å². The molecule has 4 rings (SSSR count). The molecule has 0 saturated carbocycles. The number of H-pyrrole nitrogens is 1. The highest BCUT2D eigenvalue weighted by Gasteiger charge is 2.34. The van der Waals surface area contributed by atoms with Gasteiger partial charge in [0.05, 0.1) is 18.7 Å². The predicted octanol–water partition coefficient (Wildman–Crippen LogP) is 2.94. The van der Waals surface area contributed by atoms with Crippen molar-refractivity contribution in [2.75, 3.05) is 13.1 Å². The van der Waals surface area contributed by atoms with Crippen LogP contribution in [-0.4, -0.2) is 45.2 Å². The lowest BCUT2D eigenvalue weighted by molar-refractivity contribution is 0.0175. The van der Waals surface area contributed by atoms with Crippen molar-refractivity contribution in [3.63, 3.8) is 0 Å². The Hall–Kier alpha value is -3.15. The zero-order chi connectivity index (χ0) is 17.9. The van der Waals surface area contributed by atoms with Crippen LogP contribution < -0.4 is 4.74 Å².